The van der Waals surface area contributed by atoms with Gasteiger partial charge in [-0.05, 0) is 36.6 Å². The molecule has 0 saturated heterocycles. The van der Waals surface area contributed by atoms with Gasteiger partial charge in [0.05, 0.1) is 11.4 Å². The van der Waals surface area contributed by atoms with E-state index in [2.05, 4.69) is 33.0 Å². The molecule has 0 radical (unpaired) electrons. The molecule has 1 heterocycles. The number of rotatable bonds is 2. The number of nitrogens with zero attached hydrogens (tertiary/aromatic N) is 1. The van der Waals surface area contributed by atoms with Crippen molar-refractivity contribution >= 4 is 21.6 Å². The molecular weight excluding hydrogens is 300 g/mol. The number of benzene rings is 1. The van der Waals surface area contributed by atoms with Crippen molar-refractivity contribution in [3.05, 3.63) is 46.7 Å². The fourth-order valence-electron chi connectivity index (χ4n) is 2.90. The molecule has 3 heteroatoms. The van der Waals surface area contributed by atoms with E-state index >= 15 is 0 Å². The first kappa shape index (κ1) is 12.7. The average Bonchev–Trinajstić information content (AvgIpc) is 2.94. The summed E-state index contributed by atoms with van der Waals surface area (Å²) >= 11 is 3.46. The van der Waals surface area contributed by atoms with E-state index in [1.54, 1.807) is 0 Å². The van der Waals surface area contributed by atoms with Crippen LogP contribution in [-0.2, 0) is 0 Å². The quantitative estimate of drug-likeness (QED) is 0.868. The maximum atomic E-state index is 6.36. The summed E-state index contributed by atoms with van der Waals surface area (Å²) in [6, 6.07) is 10.3. The van der Waals surface area contributed by atoms with Crippen LogP contribution in [0.5, 0.6) is 0 Å². The van der Waals surface area contributed by atoms with Gasteiger partial charge in [0, 0.05) is 22.2 Å². The number of hydrogen-bond acceptors (Lipinski definition) is 2. The van der Waals surface area contributed by atoms with Crippen LogP contribution in [0.4, 0.5) is 5.69 Å². The molecule has 98 valence electrons. The van der Waals surface area contributed by atoms with Crippen LogP contribution in [0.25, 0.3) is 11.1 Å². The predicted octanol–water partition coefficient (Wildman–Crippen LogP) is 4.75. The Morgan fingerprint density at radius 2 is 1.74 bits per heavy atom. The fourth-order valence-corrected chi connectivity index (χ4v) is 3.16. The highest BCUT2D eigenvalue weighted by Crippen LogP contribution is 2.39. The first-order chi connectivity index (χ1) is 9.25. The maximum Gasteiger partial charge on any atom is 0.0669 e. The number of nitrogens with two attached hydrogens (primary N) is 1. The van der Waals surface area contributed by atoms with Gasteiger partial charge < -0.3 is 5.73 Å². The third kappa shape index (κ3) is 2.52. The van der Waals surface area contributed by atoms with E-state index in [-0.39, 0.29) is 0 Å². The van der Waals surface area contributed by atoms with Crippen molar-refractivity contribution in [1.29, 1.82) is 0 Å². The van der Waals surface area contributed by atoms with E-state index < -0.39 is 0 Å². The second kappa shape index (κ2) is 5.33. The Labute approximate surface area is 122 Å². The number of pyridine rings is 1. The maximum absolute atomic E-state index is 6.36. The summed E-state index contributed by atoms with van der Waals surface area (Å²) in [4.78, 5) is 4.53. The van der Waals surface area contributed by atoms with Crippen LogP contribution in [0.2, 0.25) is 0 Å². The molecule has 1 aliphatic carbocycles. The molecule has 3 rings (SSSR count). The molecule has 0 aliphatic heterocycles. The first-order valence-corrected chi connectivity index (χ1v) is 7.55. The van der Waals surface area contributed by atoms with Crippen LogP contribution in [0, 0.1) is 0 Å². The summed E-state index contributed by atoms with van der Waals surface area (Å²) in [5, 5.41) is 0. The highest BCUT2D eigenvalue weighted by Gasteiger charge is 2.21. The van der Waals surface area contributed by atoms with Crippen molar-refractivity contribution in [3.8, 4) is 11.1 Å². The summed E-state index contributed by atoms with van der Waals surface area (Å²) in [6.07, 6.45) is 6.94. The monoisotopic (exact) mass is 316 g/mol. The third-order valence-corrected chi connectivity index (χ3v) is 4.45. The Bertz CT molecular complexity index is 572. The first-order valence-electron chi connectivity index (χ1n) is 6.76. The number of nitrogen functional groups attached to an aromatic ring is 1. The number of halogens is 1. The van der Waals surface area contributed by atoms with E-state index in [1.165, 1.54) is 25.7 Å². The highest BCUT2D eigenvalue weighted by molar-refractivity contribution is 9.10. The van der Waals surface area contributed by atoms with E-state index in [0.717, 1.165) is 27.0 Å². The summed E-state index contributed by atoms with van der Waals surface area (Å²) in [5.74, 6) is 0.551. The molecule has 1 aromatic heterocycles. The minimum atomic E-state index is 0.551. The summed E-state index contributed by atoms with van der Waals surface area (Å²) < 4.78 is 1.08. The van der Waals surface area contributed by atoms with Gasteiger partial charge in [-0.15, -0.1) is 0 Å². The van der Waals surface area contributed by atoms with Crippen LogP contribution >= 0.6 is 15.9 Å². The lowest BCUT2D eigenvalue weighted by Gasteiger charge is -2.14. The summed E-state index contributed by atoms with van der Waals surface area (Å²) in [7, 11) is 0. The normalized spacial score (nSPS) is 15.8. The number of aromatic nitrogens is 1. The van der Waals surface area contributed by atoms with Crippen molar-refractivity contribution in [3.63, 3.8) is 0 Å². The predicted molar refractivity (Wildman–Crippen MR) is 83.0 cm³/mol. The summed E-state index contributed by atoms with van der Waals surface area (Å²) in [5.41, 5.74) is 10.6. The van der Waals surface area contributed by atoms with Crippen LogP contribution in [0.1, 0.15) is 37.3 Å². The second-order valence-corrected chi connectivity index (χ2v) is 6.06. The van der Waals surface area contributed by atoms with Gasteiger partial charge in [0.1, 0.15) is 0 Å². The number of anilines is 1. The molecule has 2 nitrogen and oxygen atoms in total. The van der Waals surface area contributed by atoms with Gasteiger partial charge in [0.15, 0.2) is 0 Å². The molecule has 2 N–H and O–H groups in total. The lowest BCUT2D eigenvalue weighted by Crippen LogP contribution is -2.04. The van der Waals surface area contributed by atoms with Crippen LogP contribution in [0.15, 0.2) is 41.0 Å². The van der Waals surface area contributed by atoms with Crippen LogP contribution in [0.3, 0.4) is 0 Å². The Morgan fingerprint density at radius 1 is 1.05 bits per heavy atom. The zero-order chi connectivity index (χ0) is 13.2. The van der Waals surface area contributed by atoms with Crippen LogP contribution < -0.4 is 5.73 Å². The van der Waals surface area contributed by atoms with Gasteiger partial charge in [0.25, 0.3) is 0 Å². The van der Waals surface area contributed by atoms with Gasteiger partial charge >= 0.3 is 0 Å². The van der Waals surface area contributed by atoms with Crippen molar-refractivity contribution < 1.29 is 0 Å². The van der Waals surface area contributed by atoms with Gasteiger partial charge in [-0.2, -0.15) is 0 Å². The zero-order valence-electron chi connectivity index (χ0n) is 10.8. The largest absolute Gasteiger partial charge is 0.397 e. The second-order valence-electron chi connectivity index (χ2n) is 5.15. The smallest absolute Gasteiger partial charge is 0.0669 e. The number of hydrogen-bond donors (Lipinski definition) is 1. The fraction of sp³-hybridized carbons (Fsp3) is 0.312. The Morgan fingerprint density at radius 3 is 2.42 bits per heavy atom. The van der Waals surface area contributed by atoms with Gasteiger partial charge in [-0.3, -0.25) is 4.98 Å². The van der Waals surface area contributed by atoms with Crippen LogP contribution in [-0.4, -0.2) is 4.98 Å². The zero-order valence-corrected chi connectivity index (χ0v) is 12.4. The highest BCUT2D eigenvalue weighted by atomic mass is 79.9. The minimum absolute atomic E-state index is 0.551. The van der Waals surface area contributed by atoms with E-state index in [1.807, 2.05) is 24.4 Å². The van der Waals surface area contributed by atoms with Gasteiger partial charge in [0.2, 0.25) is 0 Å². The molecule has 2 aromatic rings. The molecule has 1 saturated carbocycles. The van der Waals surface area contributed by atoms with Gasteiger partial charge in [-0.1, -0.05) is 40.9 Å². The standard InChI is InChI=1S/C16H17BrN2/c17-13-7-5-11(6-8-13)14-9-10-19-16(15(14)18)12-3-1-2-4-12/h5-10,12H,1-4,18H2. The molecule has 0 amide bonds. The Kier molecular flexibility index (Phi) is 3.56. The van der Waals surface area contributed by atoms with Crippen molar-refractivity contribution in [2.24, 2.45) is 0 Å². The van der Waals surface area contributed by atoms with E-state index in [4.69, 9.17) is 5.73 Å². The third-order valence-electron chi connectivity index (χ3n) is 3.92. The Hall–Kier alpha value is -1.35. The lowest BCUT2D eigenvalue weighted by atomic mass is 9.96. The average molecular weight is 317 g/mol. The van der Waals surface area contributed by atoms with E-state index in [9.17, 15) is 0 Å². The molecule has 1 aromatic carbocycles. The SMILES string of the molecule is Nc1c(-c2ccc(Br)cc2)ccnc1C1CCCC1. The van der Waals surface area contributed by atoms with E-state index in [0.29, 0.717) is 5.92 Å². The molecule has 1 fully saturated rings. The van der Waals surface area contributed by atoms with Crippen molar-refractivity contribution in [1.82, 2.24) is 4.98 Å². The van der Waals surface area contributed by atoms with Gasteiger partial charge in [-0.25, -0.2) is 0 Å². The molecule has 0 bridgehead atoms. The molecule has 1 aliphatic rings. The Balaban J connectivity index is 2.02. The minimum Gasteiger partial charge on any atom is -0.397 e. The van der Waals surface area contributed by atoms with Crippen molar-refractivity contribution in [2.75, 3.05) is 5.73 Å². The molecule has 0 unspecified atom stereocenters. The lowest BCUT2D eigenvalue weighted by molar-refractivity contribution is 0.700. The molecule has 0 atom stereocenters. The molecule has 0 spiro atoms. The topological polar surface area (TPSA) is 38.9 Å². The molecule has 19 heavy (non-hydrogen) atoms. The summed E-state index contributed by atoms with van der Waals surface area (Å²) in [6.45, 7) is 0. The molecular formula is C16H17BrN2. The van der Waals surface area contributed by atoms with Crippen molar-refractivity contribution in [2.45, 2.75) is 31.6 Å².